The van der Waals surface area contributed by atoms with Crippen molar-refractivity contribution in [1.82, 2.24) is 9.97 Å². The van der Waals surface area contributed by atoms with Gasteiger partial charge in [-0.15, -0.1) is 0 Å². The number of pyridine rings is 2. The second kappa shape index (κ2) is 4.53. The van der Waals surface area contributed by atoms with Crippen LogP contribution >= 0.6 is 0 Å². The van der Waals surface area contributed by atoms with Crippen LogP contribution in [0.5, 0.6) is 0 Å². The van der Waals surface area contributed by atoms with Gasteiger partial charge in [0.1, 0.15) is 0 Å². The summed E-state index contributed by atoms with van der Waals surface area (Å²) >= 11 is 0. The number of aromatic nitrogens is 2. The number of anilines is 1. The Morgan fingerprint density at radius 2 is 1.94 bits per heavy atom. The summed E-state index contributed by atoms with van der Waals surface area (Å²) in [5.41, 5.74) is 2.29. The number of hydrogen-bond acceptors (Lipinski definition) is 3. The molecule has 0 unspecified atom stereocenters. The Morgan fingerprint density at radius 3 is 2.50 bits per heavy atom. The van der Waals surface area contributed by atoms with Crippen LogP contribution in [0.15, 0.2) is 42.7 Å². The summed E-state index contributed by atoms with van der Waals surface area (Å²) in [6, 6.07) is 9.29. The number of amides is 1. The van der Waals surface area contributed by atoms with Gasteiger partial charge in [-0.25, -0.2) is 0 Å². The molecule has 0 spiro atoms. The molecule has 1 N–H and O–H groups in total. The highest BCUT2D eigenvalue weighted by Crippen LogP contribution is 2.15. The lowest BCUT2D eigenvalue weighted by Crippen LogP contribution is -2.05. The standard InChI is InChI=1S/C12H11N3O/c1-9(16)15-10-5-6-12(14-8-10)11-4-2-3-7-13-11/h2-8H,1H3,(H,15,16). The van der Waals surface area contributed by atoms with E-state index in [-0.39, 0.29) is 5.91 Å². The van der Waals surface area contributed by atoms with Gasteiger partial charge in [-0.1, -0.05) is 6.07 Å². The lowest BCUT2D eigenvalue weighted by molar-refractivity contribution is -0.114. The van der Waals surface area contributed by atoms with E-state index in [1.165, 1.54) is 6.92 Å². The molecular weight excluding hydrogens is 202 g/mol. The van der Waals surface area contributed by atoms with E-state index < -0.39 is 0 Å². The molecule has 0 atom stereocenters. The highest BCUT2D eigenvalue weighted by molar-refractivity contribution is 5.88. The van der Waals surface area contributed by atoms with E-state index in [0.717, 1.165) is 11.4 Å². The van der Waals surface area contributed by atoms with Gasteiger partial charge < -0.3 is 5.32 Å². The first kappa shape index (κ1) is 10.3. The Bertz CT molecular complexity index is 479. The molecule has 0 saturated carbocycles. The summed E-state index contributed by atoms with van der Waals surface area (Å²) < 4.78 is 0. The first-order valence-electron chi connectivity index (χ1n) is 4.91. The van der Waals surface area contributed by atoms with Gasteiger partial charge in [0.05, 0.1) is 23.3 Å². The molecule has 0 radical (unpaired) electrons. The van der Waals surface area contributed by atoms with Gasteiger partial charge in [0.25, 0.3) is 0 Å². The maximum Gasteiger partial charge on any atom is 0.221 e. The van der Waals surface area contributed by atoms with Crippen LogP contribution in [-0.2, 0) is 4.79 Å². The molecule has 80 valence electrons. The third-order valence-corrected chi connectivity index (χ3v) is 2.01. The third-order valence-electron chi connectivity index (χ3n) is 2.01. The fourth-order valence-corrected chi connectivity index (χ4v) is 1.34. The molecule has 2 aromatic heterocycles. The van der Waals surface area contributed by atoms with Crippen LogP contribution in [0.4, 0.5) is 5.69 Å². The predicted molar refractivity (Wildman–Crippen MR) is 61.8 cm³/mol. The Labute approximate surface area is 93.4 Å². The smallest absolute Gasteiger partial charge is 0.221 e. The molecule has 0 fully saturated rings. The largest absolute Gasteiger partial charge is 0.325 e. The van der Waals surface area contributed by atoms with E-state index in [1.54, 1.807) is 18.5 Å². The van der Waals surface area contributed by atoms with E-state index in [1.807, 2.05) is 24.3 Å². The minimum atomic E-state index is -0.104. The Balaban J connectivity index is 2.23. The number of nitrogens with one attached hydrogen (secondary N) is 1. The SMILES string of the molecule is CC(=O)Nc1ccc(-c2ccccn2)nc1. The van der Waals surface area contributed by atoms with Crippen LogP contribution in [0.25, 0.3) is 11.4 Å². The fraction of sp³-hybridized carbons (Fsp3) is 0.0833. The van der Waals surface area contributed by atoms with E-state index >= 15 is 0 Å². The average Bonchev–Trinajstić information content (AvgIpc) is 2.30. The minimum Gasteiger partial charge on any atom is -0.325 e. The molecule has 4 nitrogen and oxygen atoms in total. The zero-order valence-corrected chi connectivity index (χ0v) is 8.84. The highest BCUT2D eigenvalue weighted by atomic mass is 16.1. The molecule has 2 aromatic rings. The molecule has 0 saturated heterocycles. The predicted octanol–water partition coefficient (Wildman–Crippen LogP) is 2.10. The fourth-order valence-electron chi connectivity index (χ4n) is 1.34. The number of carbonyl (C=O) groups excluding carboxylic acids is 1. The zero-order chi connectivity index (χ0) is 11.4. The number of rotatable bonds is 2. The molecule has 16 heavy (non-hydrogen) atoms. The van der Waals surface area contributed by atoms with Crippen molar-refractivity contribution < 1.29 is 4.79 Å². The van der Waals surface area contributed by atoms with Crippen molar-refractivity contribution in [2.24, 2.45) is 0 Å². The van der Waals surface area contributed by atoms with Gasteiger partial charge in [0, 0.05) is 13.1 Å². The second-order valence-corrected chi connectivity index (χ2v) is 3.33. The van der Waals surface area contributed by atoms with Gasteiger partial charge in [0.15, 0.2) is 0 Å². The monoisotopic (exact) mass is 213 g/mol. The van der Waals surface area contributed by atoms with Crippen molar-refractivity contribution in [3.05, 3.63) is 42.7 Å². The summed E-state index contributed by atoms with van der Waals surface area (Å²) in [6.45, 7) is 1.46. The van der Waals surface area contributed by atoms with Crippen molar-refractivity contribution in [3.8, 4) is 11.4 Å². The molecule has 0 aliphatic carbocycles. The minimum absolute atomic E-state index is 0.104. The molecule has 0 aliphatic heterocycles. The Hall–Kier alpha value is -2.23. The third kappa shape index (κ3) is 2.42. The normalized spacial score (nSPS) is 9.81. The van der Waals surface area contributed by atoms with Gasteiger partial charge in [-0.3, -0.25) is 14.8 Å². The average molecular weight is 213 g/mol. The molecule has 0 aromatic carbocycles. The van der Waals surface area contributed by atoms with Crippen molar-refractivity contribution in [2.45, 2.75) is 6.92 Å². The maximum atomic E-state index is 10.8. The van der Waals surface area contributed by atoms with Gasteiger partial charge >= 0.3 is 0 Å². The van der Waals surface area contributed by atoms with Gasteiger partial charge in [0.2, 0.25) is 5.91 Å². The van der Waals surface area contributed by atoms with Crippen molar-refractivity contribution in [2.75, 3.05) is 5.32 Å². The molecule has 0 aliphatic rings. The Kier molecular flexibility index (Phi) is 2.91. The zero-order valence-electron chi connectivity index (χ0n) is 8.84. The van der Waals surface area contributed by atoms with E-state index in [2.05, 4.69) is 15.3 Å². The Morgan fingerprint density at radius 1 is 1.12 bits per heavy atom. The first-order chi connectivity index (χ1) is 7.75. The summed E-state index contributed by atoms with van der Waals surface area (Å²) in [7, 11) is 0. The van der Waals surface area contributed by atoms with Crippen LogP contribution in [0.3, 0.4) is 0 Å². The van der Waals surface area contributed by atoms with Crippen molar-refractivity contribution in [1.29, 1.82) is 0 Å². The molecule has 1 amide bonds. The van der Waals surface area contributed by atoms with E-state index in [4.69, 9.17) is 0 Å². The second-order valence-electron chi connectivity index (χ2n) is 3.33. The van der Waals surface area contributed by atoms with Gasteiger partial charge in [-0.05, 0) is 24.3 Å². The first-order valence-corrected chi connectivity index (χ1v) is 4.91. The van der Waals surface area contributed by atoms with Crippen molar-refractivity contribution in [3.63, 3.8) is 0 Å². The highest BCUT2D eigenvalue weighted by Gasteiger charge is 2.00. The van der Waals surface area contributed by atoms with Crippen LogP contribution in [0, 0.1) is 0 Å². The molecule has 0 bridgehead atoms. The van der Waals surface area contributed by atoms with Crippen LogP contribution in [-0.4, -0.2) is 15.9 Å². The quantitative estimate of drug-likeness (QED) is 0.831. The summed E-state index contributed by atoms with van der Waals surface area (Å²) in [6.07, 6.45) is 3.34. The molecular formula is C12H11N3O. The number of carbonyl (C=O) groups is 1. The lowest BCUT2D eigenvalue weighted by atomic mass is 10.2. The van der Waals surface area contributed by atoms with Crippen molar-refractivity contribution >= 4 is 11.6 Å². The summed E-state index contributed by atoms with van der Waals surface area (Å²) in [5.74, 6) is -0.104. The summed E-state index contributed by atoms with van der Waals surface area (Å²) in [4.78, 5) is 19.2. The lowest BCUT2D eigenvalue weighted by Gasteiger charge is -2.02. The molecule has 2 rings (SSSR count). The van der Waals surface area contributed by atoms with Crippen LogP contribution < -0.4 is 5.32 Å². The molecule has 4 heteroatoms. The van der Waals surface area contributed by atoms with Crippen LogP contribution in [0.2, 0.25) is 0 Å². The number of hydrogen-bond donors (Lipinski definition) is 1. The topological polar surface area (TPSA) is 54.9 Å². The summed E-state index contributed by atoms with van der Waals surface area (Å²) in [5, 5.41) is 2.66. The number of nitrogens with zero attached hydrogens (tertiary/aromatic N) is 2. The van der Waals surface area contributed by atoms with Crippen LogP contribution in [0.1, 0.15) is 6.92 Å². The molecule has 2 heterocycles. The van der Waals surface area contributed by atoms with Gasteiger partial charge in [-0.2, -0.15) is 0 Å². The maximum absolute atomic E-state index is 10.8. The van der Waals surface area contributed by atoms with E-state index in [0.29, 0.717) is 5.69 Å². The van der Waals surface area contributed by atoms with E-state index in [9.17, 15) is 4.79 Å².